The molecule has 0 fully saturated rings. The zero-order valence-electron chi connectivity index (χ0n) is 13.8. The van der Waals surface area contributed by atoms with Crippen LogP contribution < -0.4 is 0 Å². The van der Waals surface area contributed by atoms with E-state index in [0.29, 0.717) is 5.56 Å². The number of aliphatic imine (C=N–C) groups is 1. The van der Waals surface area contributed by atoms with Gasteiger partial charge < -0.3 is 4.74 Å². The van der Waals surface area contributed by atoms with E-state index in [9.17, 15) is 9.18 Å². The second-order valence-electron chi connectivity index (χ2n) is 6.72. The number of halogens is 1. The predicted octanol–water partition coefficient (Wildman–Crippen LogP) is 4.47. The van der Waals surface area contributed by atoms with Crippen LogP contribution in [0.25, 0.3) is 6.08 Å². The number of benzene rings is 2. The number of hydrogen-bond donors (Lipinski definition) is 0. The standard InChI is InChI=1S/C20H18FNO2/c1-20(2,3)15-9-7-13(8-10-15)11-17-19(23)24-18(22-17)14-5-4-6-16(21)12-14/h4-12H,1-3H3. The van der Waals surface area contributed by atoms with Gasteiger partial charge in [0.25, 0.3) is 0 Å². The molecule has 1 aliphatic heterocycles. The summed E-state index contributed by atoms with van der Waals surface area (Å²) in [5, 5.41) is 0. The number of rotatable bonds is 2. The summed E-state index contributed by atoms with van der Waals surface area (Å²) < 4.78 is 18.4. The first-order chi connectivity index (χ1) is 11.3. The Balaban J connectivity index is 1.88. The zero-order valence-corrected chi connectivity index (χ0v) is 13.8. The zero-order chi connectivity index (χ0) is 17.3. The quantitative estimate of drug-likeness (QED) is 0.604. The van der Waals surface area contributed by atoms with Gasteiger partial charge in [-0.25, -0.2) is 14.2 Å². The highest BCUT2D eigenvalue weighted by Gasteiger charge is 2.24. The van der Waals surface area contributed by atoms with Crippen LogP contribution in [0.3, 0.4) is 0 Å². The lowest BCUT2D eigenvalue weighted by molar-refractivity contribution is -0.129. The van der Waals surface area contributed by atoms with Crippen molar-refractivity contribution in [2.45, 2.75) is 26.2 Å². The van der Waals surface area contributed by atoms with Crippen molar-refractivity contribution in [2.75, 3.05) is 0 Å². The third kappa shape index (κ3) is 3.43. The number of ether oxygens (including phenoxy) is 1. The normalized spacial score (nSPS) is 16.2. The number of hydrogen-bond acceptors (Lipinski definition) is 3. The van der Waals surface area contributed by atoms with Crippen LogP contribution in [0.1, 0.15) is 37.5 Å². The Bertz CT molecular complexity index is 843. The molecule has 2 aromatic carbocycles. The maximum Gasteiger partial charge on any atom is 0.363 e. The van der Waals surface area contributed by atoms with E-state index in [1.165, 1.54) is 17.7 Å². The van der Waals surface area contributed by atoms with Gasteiger partial charge in [-0.3, -0.25) is 0 Å². The smallest absolute Gasteiger partial charge is 0.363 e. The number of carbonyl (C=O) groups is 1. The molecule has 122 valence electrons. The van der Waals surface area contributed by atoms with Gasteiger partial charge in [-0.15, -0.1) is 0 Å². The van der Waals surface area contributed by atoms with Crippen molar-refractivity contribution in [2.24, 2.45) is 4.99 Å². The molecule has 4 heteroatoms. The highest BCUT2D eigenvalue weighted by atomic mass is 19.1. The predicted molar refractivity (Wildman–Crippen MR) is 92.1 cm³/mol. The van der Waals surface area contributed by atoms with E-state index in [2.05, 4.69) is 25.8 Å². The fourth-order valence-electron chi connectivity index (χ4n) is 2.39. The Morgan fingerprint density at radius 3 is 2.42 bits per heavy atom. The van der Waals surface area contributed by atoms with Gasteiger partial charge in [0.1, 0.15) is 5.82 Å². The first kappa shape index (κ1) is 16.1. The Labute approximate surface area is 140 Å². The SMILES string of the molecule is CC(C)(C)c1ccc(C=C2N=C(c3cccc(F)c3)OC2=O)cc1. The lowest BCUT2D eigenvalue weighted by Crippen LogP contribution is -2.10. The summed E-state index contributed by atoms with van der Waals surface area (Å²) in [6.07, 6.45) is 1.67. The lowest BCUT2D eigenvalue weighted by Gasteiger charge is -2.18. The van der Waals surface area contributed by atoms with Crippen molar-refractivity contribution in [3.05, 3.63) is 76.7 Å². The van der Waals surface area contributed by atoms with Crippen molar-refractivity contribution in [3.8, 4) is 0 Å². The van der Waals surface area contributed by atoms with E-state index in [0.717, 1.165) is 5.56 Å². The molecule has 0 amide bonds. The highest BCUT2D eigenvalue weighted by molar-refractivity contribution is 6.12. The van der Waals surface area contributed by atoms with Crippen LogP contribution in [0.5, 0.6) is 0 Å². The summed E-state index contributed by atoms with van der Waals surface area (Å²) in [5.74, 6) is -0.812. The fraction of sp³-hybridized carbons (Fsp3) is 0.200. The Morgan fingerprint density at radius 1 is 1.08 bits per heavy atom. The van der Waals surface area contributed by atoms with Crippen LogP contribution in [-0.4, -0.2) is 11.9 Å². The molecule has 0 spiro atoms. The number of esters is 1. The number of cyclic esters (lactones) is 1. The Morgan fingerprint density at radius 2 is 1.79 bits per heavy atom. The second-order valence-corrected chi connectivity index (χ2v) is 6.72. The first-order valence-electron chi connectivity index (χ1n) is 7.72. The molecule has 1 aliphatic rings. The van der Waals surface area contributed by atoms with Crippen LogP contribution in [0.2, 0.25) is 0 Å². The molecule has 0 radical (unpaired) electrons. The summed E-state index contributed by atoms with van der Waals surface area (Å²) in [7, 11) is 0. The minimum atomic E-state index is -0.533. The largest absolute Gasteiger partial charge is 0.402 e. The summed E-state index contributed by atoms with van der Waals surface area (Å²) >= 11 is 0. The summed E-state index contributed by atoms with van der Waals surface area (Å²) in [6.45, 7) is 6.43. The molecule has 0 unspecified atom stereocenters. The first-order valence-corrected chi connectivity index (χ1v) is 7.72. The van der Waals surface area contributed by atoms with Gasteiger partial charge in [0.05, 0.1) is 0 Å². The van der Waals surface area contributed by atoms with Crippen molar-refractivity contribution < 1.29 is 13.9 Å². The Kier molecular flexibility index (Phi) is 4.06. The average Bonchev–Trinajstić information content (AvgIpc) is 2.88. The molecule has 0 N–H and O–H groups in total. The molecule has 0 bridgehead atoms. The molecule has 1 heterocycles. The maximum atomic E-state index is 13.3. The Hall–Kier alpha value is -2.75. The van der Waals surface area contributed by atoms with Gasteiger partial charge in [-0.1, -0.05) is 51.1 Å². The molecule has 3 nitrogen and oxygen atoms in total. The van der Waals surface area contributed by atoms with Crippen LogP contribution in [0.4, 0.5) is 4.39 Å². The lowest BCUT2D eigenvalue weighted by atomic mass is 9.87. The van der Waals surface area contributed by atoms with E-state index < -0.39 is 11.8 Å². The second kappa shape index (κ2) is 6.04. The third-order valence-electron chi connectivity index (χ3n) is 3.77. The molecular formula is C20H18FNO2. The molecule has 2 aromatic rings. The van der Waals surface area contributed by atoms with Crippen LogP contribution in [0.15, 0.2) is 59.2 Å². The molecule has 0 aromatic heterocycles. The molecule has 0 saturated carbocycles. The van der Waals surface area contributed by atoms with E-state index in [4.69, 9.17) is 4.74 Å². The molecule has 3 rings (SSSR count). The van der Waals surface area contributed by atoms with E-state index in [-0.39, 0.29) is 17.0 Å². The van der Waals surface area contributed by atoms with Gasteiger partial charge in [-0.2, -0.15) is 0 Å². The van der Waals surface area contributed by atoms with E-state index in [1.54, 1.807) is 18.2 Å². The van der Waals surface area contributed by atoms with Gasteiger partial charge in [-0.05, 0) is 40.8 Å². The molecule has 0 saturated heterocycles. The van der Waals surface area contributed by atoms with Gasteiger partial charge in [0.2, 0.25) is 5.90 Å². The van der Waals surface area contributed by atoms with Gasteiger partial charge in [0.15, 0.2) is 5.70 Å². The number of nitrogens with zero attached hydrogens (tertiary/aromatic N) is 1. The topological polar surface area (TPSA) is 38.7 Å². The molecular weight excluding hydrogens is 305 g/mol. The minimum Gasteiger partial charge on any atom is -0.402 e. The highest BCUT2D eigenvalue weighted by Crippen LogP contribution is 2.24. The monoisotopic (exact) mass is 323 g/mol. The van der Waals surface area contributed by atoms with Crippen molar-refractivity contribution in [1.82, 2.24) is 0 Å². The molecule has 0 atom stereocenters. The number of carbonyl (C=O) groups excluding carboxylic acids is 1. The molecule has 0 aliphatic carbocycles. The van der Waals surface area contributed by atoms with Crippen molar-refractivity contribution >= 4 is 17.9 Å². The van der Waals surface area contributed by atoms with E-state index in [1.807, 2.05) is 24.3 Å². The van der Waals surface area contributed by atoms with Crippen LogP contribution >= 0.6 is 0 Å². The van der Waals surface area contributed by atoms with Gasteiger partial charge >= 0.3 is 5.97 Å². The van der Waals surface area contributed by atoms with Crippen LogP contribution in [0, 0.1) is 5.82 Å². The van der Waals surface area contributed by atoms with E-state index >= 15 is 0 Å². The molecule has 24 heavy (non-hydrogen) atoms. The summed E-state index contributed by atoms with van der Waals surface area (Å²) in [5.41, 5.74) is 2.79. The van der Waals surface area contributed by atoms with Crippen molar-refractivity contribution in [3.63, 3.8) is 0 Å². The average molecular weight is 323 g/mol. The van der Waals surface area contributed by atoms with Crippen LogP contribution in [-0.2, 0) is 14.9 Å². The van der Waals surface area contributed by atoms with Crippen molar-refractivity contribution in [1.29, 1.82) is 0 Å². The van der Waals surface area contributed by atoms with Gasteiger partial charge in [0, 0.05) is 5.56 Å². The summed E-state index contributed by atoms with van der Waals surface area (Å²) in [4.78, 5) is 16.2. The maximum absolute atomic E-state index is 13.3. The minimum absolute atomic E-state index is 0.0701. The fourth-order valence-corrected chi connectivity index (χ4v) is 2.39. The summed E-state index contributed by atoms with van der Waals surface area (Å²) in [6, 6.07) is 13.8. The third-order valence-corrected chi connectivity index (χ3v) is 3.77.